The van der Waals surface area contributed by atoms with Gasteiger partial charge in [-0.05, 0) is 24.4 Å². The van der Waals surface area contributed by atoms with Crippen molar-refractivity contribution in [2.24, 2.45) is 0 Å². The zero-order chi connectivity index (χ0) is 14.3. The molecular formula is C11H10N4O3S2. The average molecular weight is 310 g/mol. The lowest BCUT2D eigenvalue weighted by Gasteiger charge is -2.02. The molecule has 3 rings (SSSR count). The highest BCUT2D eigenvalue weighted by Gasteiger charge is 2.16. The SMILES string of the molecule is CS(=O)(=O)c1cccc2c1[nH]c(=S)n2Cc1ncon1. The van der Waals surface area contributed by atoms with Gasteiger partial charge >= 0.3 is 0 Å². The van der Waals surface area contributed by atoms with Crippen LogP contribution in [0.2, 0.25) is 0 Å². The molecule has 0 unspecified atom stereocenters. The minimum absolute atomic E-state index is 0.216. The van der Waals surface area contributed by atoms with Crippen LogP contribution < -0.4 is 0 Å². The summed E-state index contributed by atoms with van der Waals surface area (Å²) in [6.45, 7) is 0.308. The Hall–Kier alpha value is -2.00. The van der Waals surface area contributed by atoms with E-state index < -0.39 is 9.84 Å². The molecule has 2 heterocycles. The third kappa shape index (κ3) is 2.14. The third-order valence-electron chi connectivity index (χ3n) is 2.88. The standard InChI is InChI=1S/C11H10N4O3S2/c1-20(16,17)8-4-2-3-7-10(8)13-11(19)15(7)5-9-12-6-18-14-9/h2-4,6H,5H2,1H3,(H,13,19). The van der Waals surface area contributed by atoms with Gasteiger partial charge in [-0.15, -0.1) is 0 Å². The molecule has 0 amide bonds. The molecule has 0 atom stereocenters. The van der Waals surface area contributed by atoms with Gasteiger partial charge in [-0.3, -0.25) is 0 Å². The molecule has 0 fully saturated rings. The second-order valence-corrected chi connectivity index (χ2v) is 6.66. The van der Waals surface area contributed by atoms with E-state index >= 15 is 0 Å². The molecule has 20 heavy (non-hydrogen) atoms. The molecule has 9 heteroatoms. The molecule has 7 nitrogen and oxygen atoms in total. The zero-order valence-corrected chi connectivity index (χ0v) is 12.0. The predicted molar refractivity (Wildman–Crippen MR) is 73.6 cm³/mol. The molecule has 1 N–H and O–H groups in total. The lowest BCUT2D eigenvalue weighted by molar-refractivity contribution is 0.408. The van der Waals surface area contributed by atoms with Gasteiger partial charge in [-0.1, -0.05) is 11.2 Å². The number of hydrogen-bond donors (Lipinski definition) is 1. The fourth-order valence-electron chi connectivity index (χ4n) is 2.02. The molecule has 0 saturated heterocycles. The number of sulfone groups is 1. The van der Waals surface area contributed by atoms with Gasteiger partial charge in [0.25, 0.3) is 0 Å². The van der Waals surface area contributed by atoms with Gasteiger partial charge < -0.3 is 14.1 Å². The summed E-state index contributed by atoms with van der Waals surface area (Å²) < 4.78 is 30.4. The Kier molecular flexibility index (Phi) is 2.94. The molecule has 1 aromatic carbocycles. The van der Waals surface area contributed by atoms with Crippen LogP contribution in [0.4, 0.5) is 0 Å². The number of H-pyrrole nitrogens is 1. The highest BCUT2D eigenvalue weighted by molar-refractivity contribution is 7.91. The van der Waals surface area contributed by atoms with E-state index in [0.717, 1.165) is 6.26 Å². The van der Waals surface area contributed by atoms with Gasteiger partial charge in [0, 0.05) is 6.26 Å². The number of benzene rings is 1. The monoisotopic (exact) mass is 310 g/mol. The number of imidazole rings is 1. The summed E-state index contributed by atoms with van der Waals surface area (Å²) in [5.74, 6) is 0.465. The summed E-state index contributed by atoms with van der Waals surface area (Å²) in [6, 6.07) is 5.01. The summed E-state index contributed by atoms with van der Waals surface area (Å²) in [7, 11) is -3.34. The van der Waals surface area contributed by atoms with Crippen molar-refractivity contribution in [1.29, 1.82) is 0 Å². The van der Waals surface area contributed by atoms with E-state index in [9.17, 15) is 8.42 Å². The first-order chi connectivity index (χ1) is 9.47. The third-order valence-corrected chi connectivity index (χ3v) is 4.34. The van der Waals surface area contributed by atoms with Crippen molar-refractivity contribution in [2.45, 2.75) is 11.4 Å². The van der Waals surface area contributed by atoms with E-state index in [2.05, 4.69) is 19.6 Å². The number of para-hydroxylation sites is 1. The maximum atomic E-state index is 11.8. The van der Waals surface area contributed by atoms with Crippen LogP contribution in [0.3, 0.4) is 0 Å². The van der Waals surface area contributed by atoms with Crippen molar-refractivity contribution >= 4 is 33.1 Å². The van der Waals surface area contributed by atoms with Crippen LogP contribution in [-0.2, 0) is 16.4 Å². The lowest BCUT2D eigenvalue weighted by atomic mass is 10.3. The van der Waals surface area contributed by atoms with Gasteiger partial charge in [0.15, 0.2) is 20.4 Å². The van der Waals surface area contributed by atoms with Crippen LogP contribution in [0.15, 0.2) is 34.0 Å². The summed E-state index contributed by atoms with van der Waals surface area (Å²) in [6.07, 6.45) is 2.39. The van der Waals surface area contributed by atoms with Crippen molar-refractivity contribution in [3.8, 4) is 0 Å². The smallest absolute Gasteiger partial charge is 0.213 e. The fraction of sp³-hybridized carbons (Fsp3) is 0.182. The number of rotatable bonds is 3. The van der Waals surface area contributed by atoms with Gasteiger partial charge in [0.2, 0.25) is 6.39 Å². The van der Waals surface area contributed by atoms with E-state index in [1.54, 1.807) is 22.8 Å². The maximum Gasteiger partial charge on any atom is 0.213 e. The minimum Gasteiger partial charge on any atom is -0.343 e. The molecule has 0 spiro atoms. The average Bonchev–Trinajstić information content (AvgIpc) is 2.97. The Labute approximate surface area is 119 Å². The molecule has 0 radical (unpaired) electrons. The van der Waals surface area contributed by atoms with Gasteiger partial charge in [0.05, 0.1) is 22.5 Å². The molecule has 3 aromatic rings. The summed E-state index contributed by atoms with van der Waals surface area (Å²) in [5.41, 5.74) is 1.17. The second kappa shape index (κ2) is 4.53. The molecule has 0 aliphatic rings. The quantitative estimate of drug-likeness (QED) is 0.737. The minimum atomic E-state index is -3.34. The van der Waals surface area contributed by atoms with Crippen molar-refractivity contribution in [3.05, 3.63) is 35.2 Å². The van der Waals surface area contributed by atoms with Crippen molar-refractivity contribution in [3.63, 3.8) is 0 Å². The van der Waals surface area contributed by atoms with E-state index in [1.807, 2.05) is 0 Å². The van der Waals surface area contributed by atoms with Crippen molar-refractivity contribution in [1.82, 2.24) is 19.7 Å². The maximum absolute atomic E-state index is 11.8. The van der Waals surface area contributed by atoms with Crippen LogP contribution in [0.25, 0.3) is 11.0 Å². The summed E-state index contributed by atoms with van der Waals surface area (Å²) in [5, 5.41) is 3.72. The van der Waals surface area contributed by atoms with E-state index in [0.29, 0.717) is 28.2 Å². The van der Waals surface area contributed by atoms with E-state index in [-0.39, 0.29) is 4.90 Å². The first-order valence-electron chi connectivity index (χ1n) is 5.63. The lowest BCUT2D eigenvalue weighted by Crippen LogP contribution is -2.02. The van der Waals surface area contributed by atoms with E-state index in [4.69, 9.17) is 12.2 Å². The molecular weight excluding hydrogens is 300 g/mol. The number of hydrogen-bond acceptors (Lipinski definition) is 6. The Morgan fingerprint density at radius 2 is 2.25 bits per heavy atom. The van der Waals surface area contributed by atoms with Gasteiger partial charge in [0.1, 0.15) is 0 Å². The number of fused-ring (bicyclic) bond motifs is 1. The summed E-state index contributed by atoms with van der Waals surface area (Å²) in [4.78, 5) is 7.08. The Balaban J connectivity index is 2.25. The number of aromatic nitrogens is 4. The largest absolute Gasteiger partial charge is 0.343 e. The van der Waals surface area contributed by atoms with Crippen LogP contribution in [0, 0.1) is 4.77 Å². The number of nitrogens with zero attached hydrogens (tertiary/aromatic N) is 3. The number of nitrogens with one attached hydrogen (secondary N) is 1. The highest BCUT2D eigenvalue weighted by atomic mass is 32.2. The first-order valence-corrected chi connectivity index (χ1v) is 7.93. The Morgan fingerprint density at radius 1 is 1.45 bits per heavy atom. The van der Waals surface area contributed by atoms with Crippen molar-refractivity contribution in [2.75, 3.05) is 6.26 Å². The first kappa shape index (κ1) is 13.0. The topological polar surface area (TPSA) is 93.8 Å². The normalized spacial score (nSPS) is 12.1. The summed E-state index contributed by atoms with van der Waals surface area (Å²) >= 11 is 5.23. The van der Waals surface area contributed by atoms with Gasteiger partial charge in [-0.25, -0.2) is 8.42 Å². The van der Waals surface area contributed by atoms with Crippen LogP contribution >= 0.6 is 12.2 Å². The highest BCUT2D eigenvalue weighted by Crippen LogP contribution is 2.22. The second-order valence-electron chi connectivity index (χ2n) is 4.29. The molecule has 0 bridgehead atoms. The fourth-order valence-corrected chi connectivity index (χ4v) is 3.14. The van der Waals surface area contributed by atoms with Crippen LogP contribution in [-0.4, -0.2) is 34.4 Å². The van der Waals surface area contributed by atoms with Crippen LogP contribution in [0.1, 0.15) is 5.82 Å². The van der Waals surface area contributed by atoms with Crippen molar-refractivity contribution < 1.29 is 12.9 Å². The molecule has 2 aromatic heterocycles. The number of aromatic amines is 1. The van der Waals surface area contributed by atoms with E-state index in [1.165, 1.54) is 6.39 Å². The van der Waals surface area contributed by atoms with Crippen LogP contribution in [0.5, 0.6) is 0 Å². The molecule has 0 aliphatic carbocycles. The predicted octanol–water partition coefficient (Wildman–Crippen LogP) is 1.53. The zero-order valence-electron chi connectivity index (χ0n) is 10.4. The molecule has 0 saturated carbocycles. The Morgan fingerprint density at radius 3 is 2.90 bits per heavy atom. The van der Waals surface area contributed by atoms with Gasteiger partial charge in [-0.2, -0.15) is 4.98 Å². The molecule has 0 aliphatic heterocycles. The molecule has 104 valence electrons. The Bertz CT molecular complexity index is 922.